The van der Waals surface area contributed by atoms with E-state index in [1.54, 1.807) is 30.7 Å². The van der Waals surface area contributed by atoms with Crippen molar-refractivity contribution in [1.29, 1.82) is 0 Å². The third-order valence-electron chi connectivity index (χ3n) is 2.89. The fourth-order valence-electron chi connectivity index (χ4n) is 1.84. The van der Waals surface area contributed by atoms with Gasteiger partial charge < -0.3 is 5.11 Å². The predicted octanol–water partition coefficient (Wildman–Crippen LogP) is 3.72. The van der Waals surface area contributed by atoms with Crippen molar-refractivity contribution in [3.05, 3.63) is 34.1 Å². The van der Waals surface area contributed by atoms with E-state index in [4.69, 9.17) is 23.2 Å². The van der Waals surface area contributed by atoms with Gasteiger partial charge in [0.05, 0.1) is 15.6 Å². The molecule has 1 heterocycles. The van der Waals surface area contributed by atoms with Crippen molar-refractivity contribution in [2.24, 2.45) is 0 Å². The van der Waals surface area contributed by atoms with Crippen LogP contribution in [-0.4, -0.2) is 25.5 Å². The molecule has 1 aromatic carbocycles. The average Bonchev–Trinajstić information content (AvgIpc) is 2.71. The number of nitrogens with zero attached hydrogens (tertiary/aromatic N) is 3. The van der Waals surface area contributed by atoms with E-state index in [0.717, 1.165) is 11.4 Å². The first-order chi connectivity index (χ1) is 9.26. The van der Waals surface area contributed by atoms with Crippen molar-refractivity contribution in [2.75, 3.05) is 0 Å². The molecule has 0 fully saturated rings. The van der Waals surface area contributed by atoms with Gasteiger partial charge in [-0.25, -0.2) is 9.67 Å². The SMILES string of the molecule is Cc1nc(-c2ccc(Cl)c(Cl)c2)n(CCC(C)(C)O)n1. The Morgan fingerprint density at radius 2 is 1.95 bits per heavy atom. The Labute approximate surface area is 128 Å². The Hall–Kier alpha value is -1.10. The van der Waals surface area contributed by atoms with Gasteiger partial charge in [-0.3, -0.25) is 0 Å². The molecule has 0 atom stereocenters. The van der Waals surface area contributed by atoms with Crippen LogP contribution in [0.15, 0.2) is 18.2 Å². The van der Waals surface area contributed by atoms with Crippen LogP contribution in [-0.2, 0) is 6.54 Å². The molecule has 20 heavy (non-hydrogen) atoms. The maximum atomic E-state index is 9.83. The Morgan fingerprint density at radius 1 is 1.25 bits per heavy atom. The summed E-state index contributed by atoms with van der Waals surface area (Å²) in [5, 5.41) is 15.2. The molecule has 0 saturated carbocycles. The molecule has 0 spiro atoms. The monoisotopic (exact) mass is 313 g/mol. The Bertz CT molecular complexity index is 617. The van der Waals surface area contributed by atoms with Crippen molar-refractivity contribution in [2.45, 2.75) is 39.3 Å². The minimum atomic E-state index is -0.741. The lowest BCUT2D eigenvalue weighted by Crippen LogP contribution is -2.21. The highest BCUT2D eigenvalue weighted by molar-refractivity contribution is 6.42. The van der Waals surface area contributed by atoms with Crippen molar-refractivity contribution in [3.8, 4) is 11.4 Å². The summed E-state index contributed by atoms with van der Waals surface area (Å²) in [6.07, 6.45) is 0.587. The van der Waals surface area contributed by atoms with Gasteiger partial charge in [-0.15, -0.1) is 0 Å². The molecule has 0 unspecified atom stereocenters. The largest absolute Gasteiger partial charge is 0.390 e. The number of rotatable bonds is 4. The molecule has 2 aromatic rings. The van der Waals surface area contributed by atoms with Crippen LogP contribution < -0.4 is 0 Å². The van der Waals surface area contributed by atoms with Crippen molar-refractivity contribution in [3.63, 3.8) is 0 Å². The quantitative estimate of drug-likeness (QED) is 0.935. The first kappa shape index (κ1) is 15.3. The van der Waals surface area contributed by atoms with Crippen LogP contribution in [0.25, 0.3) is 11.4 Å². The Balaban J connectivity index is 2.33. The first-order valence-corrected chi connectivity index (χ1v) is 7.11. The van der Waals surface area contributed by atoms with Crippen LogP contribution in [0.1, 0.15) is 26.1 Å². The Morgan fingerprint density at radius 3 is 2.55 bits per heavy atom. The standard InChI is InChI=1S/C14H17Cl2N3O/c1-9-17-13(10-4-5-11(15)12(16)8-10)19(18-9)7-6-14(2,3)20/h4-5,8,20H,6-7H2,1-3H3. The molecule has 0 aliphatic rings. The lowest BCUT2D eigenvalue weighted by atomic mass is 10.1. The van der Waals surface area contributed by atoms with Gasteiger partial charge in [0.25, 0.3) is 0 Å². The smallest absolute Gasteiger partial charge is 0.158 e. The van der Waals surface area contributed by atoms with E-state index in [2.05, 4.69) is 10.1 Å². The van der Waals surface area contributed by atoms with E-state index < -0.39 is 5.60 Å². The number of hydrogen-bond donors (Lipinski definition) is 1. The van der Waals surface area contributed by atoms with E-state index >= 15 is 0 Å². The molecule has 108 valence electrons. The van der Waals surface area contributed by atoms with Gasteiger partial charge in [-0.1, -0.05) is 23.2 Å². The summed E-state index contributed by atoms with van der Waals surface area (Å²) >= 11 is 12.0. The van der Waals surface area contributed by atoms with Crippen LogP contribution in [0.4, 0.5) is 0 Å². The van der Waals surface area contributed by atoms with Gasteiger partial charge >= 0.3 is 0 Å². The first-order valence-electron chi connectivity index (χ1n) is 6.35. The van der Waals surface area contributed by atoms with Crippen LogP contribution in [0.3, 0.4) is 0 Å². The molecular weight excluding hydrogens is 297 g/mol. The molecule has 2 rings (SSSR count). The topological polar surface area (TPSA) is 50.9 Å². The fraction of sp³-hybridized carbons (Fsp3) is 0.429. The van der Waals surface area contributed by atoms with Gasteiger partial charge in [0, 0.05) is 12.1 Å². The van der Waals surface area contributed by atoms with Gasteiger partial charge in [0.2, 0.25) is 0 Å². The number of aryl methyl sites for hydroxylation is 2. The fourth-order valence-corrected chi connectivity index (χ4v) is 2.14. The number of benzene rings is 1. The van der Waals surface area contributed by atoms with Crippen LogP contribution in [0.5, 0.6) is 0 Å². The summed E-state index contributed by atoms with van der Waals surface area (Å²) < 4.78 is 1.78. The normalized spacial score (nSPS) is 11.9. The zero-order valence-corrected chi connectivity index (χ0v) is 13.2. The maximum absolute atomic E-state index is 9.83. The molecule has 0 bridgehead atoms. The second-order valence-corrected chi connectivity index (χ2v) is 6.21. The molecule has 0 aliphatic carbocycles. The lowest BCUT2D eigenvalue weighted by molar-refractivity contribution is 0.0652. The molecule has 0 radical (unpaired) electrons. The zero-order chi connectivity index (χ0) is 14.9. The second-order valence-electron chi connectivity index (χ2n) is 5.40. The summed E-state index contributed by atoms with van der Waals surface area (Å²) in [7, 11) is 0. The van der Waals surface area contributed by atoms with Crippen molar-refractivity contribution < 1.29 is 5.11 Å². The lowest BCUT2D eigenvalue weighted by Gasteiger charge is -2.17. The maximum Gasteiger partial charge on any atom is 0.158 e. The van der Waals surface area contributed by atoms with Gasteiger partial charge in [0.15, 0.2) is 5.82 Å². The third-order valence-corrected chi connectivity index (χ3v) is 3.63. The molecule has 0 aliphatic heterocycles. The summed E-state index contributed by atoms with van der Waals surface area (Å²) in [5.41, 5.74) is 0.116. The minimum Gasteiger partial charge on any atom is -0.390 e. The molecular formula is C14H17Cl2N3O. The van der Waals surface area contributed by atoms with Crippen LogP contribution in [0, 0.1) is 6.92 Å². The molecule has 1 aromatic heterocycles. The average molecular weight is 314 g/mol. The van der Waals surface area contributed by atoms with Gasteiger partial charge in [0.1, 0.15) is 5.82 Å². The van der Waals surface area contributed by atoms with Gasteiger partial charge in [-0.2, -0.15) is 5.10 Å². The summed E-state index contributed by atoms with van der Waals surface area (Å²) in [5.74, 6) is 1.41. The predicted molar refractivity (Wildman–Crippen MR) is 81.1 cm³/mol. The highest BCUT2D eigenvalue weighted by Gasteiger charge is 2.16. The zero-order valence-electron chi connectivity index (χ0n) is 11.7. The van der Waals surface area contributed by atoms with E-state index in [1.807, 2.05) is 13.0 Å². The Kier molecular flexibility index (Phi) is 4.37. The molecule has 1 N–H and O–H groups in total. The number of aliphatic hydroxyl groups is 1. The number of halogens is 2. The summed E-state index contributed by atoms with van der Waals surface area (Å²) in [6, 6.07) is 5.37. The van der Waals surface area contributed by atoms with E-state index in [1.165, 1.54) is 0 Å². The van der Waals surface area contributed by atoms with E-state index in [-0.39, 0.29) is 0 Å². The highest BCUT2D eigenvalue weighted by Crippen LogP contribution is 2.28. The molecule has 4 nitrogen and oxygen atoms in total. The molecule has 6 heteroatoms. The number of aromatic nitrogens is 3. The number of hydrogen-bond acceptors (Lipinski definition) is 3. The van der Waals surface area contributed by atoms with E-state index in [0.29, 0.717) is 28.8 Å². The summed E-state index contributed by atoms with van der Waals surface area (Å²) in [6.45, 7) is 5.97. The van der Waals surface area contributed by atoms with Gasteiger partial charge in [-0.05, 0) is 45.4 Å². The second kappa shape index (κ2) is 5.72. The van der Waals surface area contributed by atoms with Crippen LogP contribution in [0.2, 0.25) is 10.0 Å². The van der Waals surface area contributed by atoms with Crippen molar-refractivity contribution >= 4 is 23.2 Å². The van der Waals surface area contributed by atoms with Crippen LogP contribution >= 0.6 is 23.2 Å². The third kappa shape index (κ3) is 3.72. The van der Waals surface area contributed by atoms with E-state index in [9.17, 15) is 5.11 Å². The highest BCUT2D eigenvalue weighted by atomic mass is 35.5. The van der Waals surface area contributed by atoms with Crippen molar-refractivity contribution in [1.82, 2.24) is 14.8 Å². The minimum absolute atomic E-state index is 0.485. The summed E-state index contributed by atoms with van der Waals surface area (Å²) in [4.78, 5) is 4.42. The molecule has 0 amide bonds. The molecule has 0 saturated heterocycles.